The van der Waals surface area contributed by atoms with Crippen molar-refractivity contribution in [2.75, 3.05) is 5.32 Å². The van der Waals surface area contributed by atoms with E-state index in [0.717, 1.165) is 12.1 Å². The molecule has 0 fully saturated rings. The fourth-order valence-electron chi connectivity index (χ4n) is 1.39. The number of halogens is 3. The minimum atomic E-state index is -4.47. The van der Waals surface area contributed by atoms with Crippen molar-refractivity contribution < 1.29 is 22.8 Å². The smallest absolute Gasteiger partial charge is 0.326 e. The van der Waals surface area contributed by atoms with Gasteiger partial charge in [-0.1, -0.05) is 6.07 Å². The monoisotopic (exact) mass is 287 g/mol. The predicted octanol–water partition coefficient (Wildman–Crippen LogP) is 2.16. The quantitative estimate of drug-likeness (QED) is 0.495. The Labute approximate surface area is 112 Å². The molecule has 0 aromatic heterocycles. The summed E-state index contributed by atoms with van der Waals surface area (Å²) in [6.45, 7) is 1.50. The largest absolute Gasteiger partial charge is 0.416 e. The van der Waals surface area contributed by atoms with Gasteiger partial charge in [0, 0.05) is 11.4 Å². The highest BCUT2D eigenvalue weighted by Crippen LogP contribution is 2.30. The first kappa shape index (κ1) is 15.7. The van der Waals surface area contributed by atoms with Gasteiger partial charge in [0.2, 0.25) is 12.3 Å². The number of hydrogen-bond donors (Lipinski definition) is 2. The Bertz CT molecular complexity index is 527. The first-order chi connectivity index (χ1) is 9.32. The van der Waals surface area contributed by atoms with Crippen LogP contribution < -0.4 is 10.7 Å². The van der Waals surface area contributed by atoms with Gasteiger partial charge in [0.25, 0.3) is 0 Å². The lowest BCUT2D eigenvalue weighted by Gasteiger charge is -2.09. The number of benzene rings is 1. The fraction of sp³-hybridized carbons (Fsp3) is 0.250. The second kappa shape index (κ2) is 6.69. The second-order valence-corrected chi connectivity index (χ2v) is 3.90. The zero-order valence-corrected chi connectivity index (χ0v) is 10.5. The number of nitrogens with zero attached hydrogens (tertiary/aromatic N) is 1. The molecule has 0 saturated heterocycles. The molecule has 1 aromatic rings. The number of anilines is 1. The molecule has 2 amide bonds. The third-order valence-electron chi connectivity index (χ3n) is 2.20. The maximum Gasteiger partial charge on any atom is 0.416 e. The summed E-state index contributed by atoms with van der Waals surface area (Å²) in [6, 6.07) is 4.31. The molecule has 108 valence electrons. The topological polar surface area (TPSA) is 70.6 Å². The third-order valence-corrected chi connectivity index (χ3v) is 2.20. The molecule has 0 aliphatic carbocycles. The van der Waals surface area contributed by atoms with Gasteiger partial charge in [-0.15, -0.1) is 0 Å². The van der Waals surface area contributed by atoms with E-state index in [9.17, 15) is 22.8 Å². The molecule has 0 saturated carbocycles. The molecule has 8 heteroatoms. The standard InChI is InChI=1S/C12H12F3N3O2/c1-8(18-16-7-19)5-11(20)17-10-4-2-3-9(6-10)12(13,14)15/h2-4,6-7H,5H2,1H3,(H,16,19)(H,17,20)/b18-8+. The Balaban J connectivity index is 2.69. The van der Waals surface area contributed by atoms with Crippen LogP contribution in [-0.4, -0.2) is 18.0 Å². The number of hydrogen-bond acceptors (Lipinski definition) is 3. The van der Waals surface area contributed by atoms with Gasteiger partial charge < -0.3 is 5.32 Å². The zero-order chi connectivity index (χ0) is 15.2. The van der Waals surface area contributed by atoms with Crippen molar-refractivity contribution in [2.45, 2.75) is 19.5 Å². The highest BCUT2D eigenvalue weighted by atomic mass is 19.4. The molecule has 1 rings (SSSR count). The highest BCUT2D eigenvalue weighted by molar-refractivity contribution is 6.05. The lowest BCUT2D eigenvalue weighted by Crippen LogP contribution is -2.17. The molecule has 0 spiro atoms. The normalized spacial score (nSPS) is 11.9. The Morgan fingerprint density at radius 2 is 2.10 bits per heavy atom. The van der Waals surface area contributed by atoms with Gasteiger partial charge in [0.05, 0.1) is 12.0 Å². The molecule has 0 atom stereocenters. The summed E-state index contributed by atoms with van der Waals surface area (Å²) < 4.78 is 37.4. The van der Waals surface area contributed by atoms with Crippen molar-refractivity contribution >= 4 is 23.7 Å². The summed E-state index contributed by atoms with van der Waals surface area (Å²) in [7, 11) is 0. The zero-order valence-electron chi connectivity index (χ0n) is 10.5. The van der Waals surface area contributed by atoms with Crippen LogP contribution in [0, 0.1) is 0 Å². The maximum atomic E-state index is 12.5. The first-order valence-electron chi connectivity index (χ1n) is 5.52. The van der Waals surface area contributed by atoms with Gasteiger partial charge in [-0.3, -0.25) is 9.59 Å². The van der Waals surface area contributed by atoms with E-state index < -0.39 is 17.6 Å². The van der Waals surface area contributed by atoms with E-state index in [1.807, 2.05) is 5.43 Å². The van der Waals surface area contributed by atoms with Crippen LogP contribution in [0.2, 0.25) is 0 Å². The minimum absolute atomic E-state index is 0.0426. The molecule has 20 heavy (non-hydrogen) atoms. The van der Waals surface area contributed by atoms with E-state index in [2.05, 4.69) is 10.4 Å². The SMILES string of the molecule is C/C(CC(=O)Nc1cccc(C(F)(F)F)c1)=N\NC=O. The number of alkyl halides is 3. The maximum absolute atomic E-state index is 12.5. The van der Waals surface area contributed by atoms with Gasteiger partial charge in [0.15, 0.2) is 0 Å². The molecule has 5 nitrogen and oxygen atoms in total. The summed E-state index contributed by atoms with van der Waals surface area (Å²) in [6.07, 6.45) is -4.27. The van der Waals surface area contributed by atoms with E-state index in [1.165, 1.54) is 19.1 Å². The third kappa shape index (κ3) is 5.09. The van der Waals surface area contributed by atoms with Gasteiger partial charge in [0.1, 0.15) is 0 Å². The van der Waals surface area contributed by atoms with Crippen molar-refractivity contribution in [3.8, 4) is 0 Å². The summed E-state index contributed by atoms with van der Waals surface area (Å²) in [5.74, 6) is -0.529. The molecule has 0 radical (unpaired) electrons. The molecule has 0 aliphatic heterocycles. The fourth-order valence-corrected chi connectivity index (χ4v) is 1.39. The highest BCUT2D eigenvalue weighted by Gasteiger charge is 2.30. The van der Waals surface area contributed by atoms with E-state index >= 15 is 0 Å². The van der Waals surface area contributed by atoms with Crippen molar-refractivity contribution in [3.63, 3.8) is 0 Å². The van der Waals surface area contributed by atoms with Crippen LogP contribution in [0.1, 0.15) is 18.9 Å². The molecule has 1 aromatic carbocycles. The molecule has 0 aliphatic rings. The van der Waals surface area contributed by atoms with Crippen LogP contribution in [0.5, 0.6) is 0 Å². The van der Waals surface area contributed by atoms with Crippen molar-refractivity contribution in [1.82, 2.24) is 5.43 Å². The Hall–Kier alpha value is -2.38. The molecule has 0 heterocycles. The molecular formula is C12H12F3N3O2. The van der Waals surface area contributed by atoms with Crippen LogP contribution in [0.15, 0.2) is 29.4 Å². The number of hydrazone groups is 1. The van der Waals surface area contributed by atoms with E-state index in [0.29, 0.717) is 12.1 Å². The van der Waals surface area contributed by atoms with E-state index in [4.69, 9.17) is 0 Å². The van der Waals surface area contributed by atoms with Crippen LogP contribution in [0.25, 0.3) is 0 Å². The number of carbonyl (C=O) groups excluding carboxylic acids is 2. The van der Waals surface area contributed by atoms with Crippen LogP contribution in [-0.2, 0) is 15.8 Å². The molecule has 2 N–H and O–H groups in total. The van der Waals surface area contributed by atoms with Crippen LogP contribution in [0.3, 0.4) is 0 Å². The van der Waals surface area contributed by atoms with E-state index in [1.54, 1.807) is 0 Å². The van der Waals surface area contributed by atoms with Crippen molar-refractivity contribution in [2.24, 2.45) is 5.10 Å². The Morgan fingerprint density at radius 1 is 1.40 bits per heavy atom. The van der Waals surface area contributed by atoms with Crippen LogP contribution in [0.4, 0.5) is 18.9 Å². The average molecular weight is 287 g/mol. The number of rotatable bonds is 5. The van der Waals surface area contributed by atoms with Crippen LogP contribution >= 0.6 is 0 Å². The second-order valence-electron chi connectivity index (χ2n) is 3.90. The summed E-state index contributed by atoms with van der Waals surface area (Å²) in [5, 5.41) is 5.86. The lowest BCUT2D eigenvalue weighted by molar-refractivity contribution is -0.137. The van der Waals surface area contributed by atoms with Gasteiger partial charge in [-0.05, 0) is 25.1 Å². The van der Waals surface area contributed by atoms with Gasteiger partial charge >= 0.3 is 6.18 Å². The Morgan fingerprint density at radius 3 is 2.70 bits per heavy atom. The van der Waals surface area contributed by atoms with Crippen molar-refractivity contribution in [3.05, 3.63) is 29.8 Å². The predicted molar refractivity (Wildman–Crippen MR) is 67.0 cm³/mol. The lowest BCUT2D eigenvalue weighted by atomic mass is 10.2. The summed E-state index contributed by atoms with van der Waals surface area (Å²) in [4.78, 5) is 21.6. The minimum Gasteiger partial charge on any atom is -0.326 e. The average Bonchev–Trinajstić information content (AvgIpc) is 2.35. The summed E-state index contributed by atoms with van der Waals surface area (Å²) in [5.41, 5.74) is 1.54. The number of nitrogens with one attached hydrogen (secondary N) is 2. The van der Waals surface area contributed by atoms with Gasteiger partial charge in [-0.2, -0.15) is 18.3 Å². The first-order valence-corrected chi connectivity index (χ1v) is 5.52. The summed E-state index contributed by atoms with van der Waals surface area (Å²) >= 11 is 0. The number of carbonyl (C=O) groups is 2. The Kier molecular flexibility index (Phi) is 5.24. The van der Waals surface area contributed by atoms with E-state index in [-0.39, 0.29) is 12.1 Å². The number of amides is 2. The molecule has 0 bridgehead atoms. The molecule has 0 unspecified atom stereocenters. The van der Waals surface area contributed by atoms with Gasteiger partial charge in [-0.25, -0.2) is 5.43 Å². The van der Waals surface area contributed by atoms with Crippen molar-refractivity contribution in [1.29, 1.82) is 0 Å². The molecular weight excluding hydrogens is 275 g/mol.